The number of hydrogen-bond acceptors (Lipinski definition) is 9. The minimum absolute atomic E-state index is 0.0293. The van der Waals surface area contributed by atoms with E-state index in [1.165, 1.54) is 18.2 Å². The molecule has 0 aliphatic heterocycles. The second-order valence-electron chi connectivity index (χ2n) is 6.46. The van der Waals surface area contributed by atoms with Crippen LogP contribution in [0.4, 0.5) is 11.4 Å². The number of benzene rings is 3. The number of fused-ring (bicyclic) bond motifs is 1. The lowest BCUT2D eigenvalue weighted by Gasteiger charge is -2.11. The zero-order chi connectivity index (χ0) is 23.8. The first kappa shape index (κ1) is 23.1. The van der Waals surface area contributed by atoms with E-state index in [0.717, 1.165) is 12.1 Å². The summed E-state index contributed by atoms with van der Waals surface area (Å²) in [5, 5.41) is 36.3. The Balaban J connectivity index is 2.30. The molecule has 0 amide bonds. The van der Waals surface area contributed by atoms with Gasteiger partial charge in [0, 0.05) is 6.07 Å². The van der Waals surface area contributed by atoms with Crippen LogP contribution in [0.15, 0.2) is 62.5 Å². The monoisotopic (exact) mass is 482 g/mol. The number of azo groups is 1. The maximum Gasteiger partial charge on any atom is 0.307 e. The summed E-state index contributed by atoms with van der Waals surface area (Å²) in [5.74, 6) is -2.97. The molecule has 0 fully saturated rings. The van der Waals surface area contributed by atoms with Crippen LogP contribution in [0.3, 0.4) is 0 Å². The van der Waals surface area contributed by atoms with Gasteiger partial charge in [-0.05, 0) is 29.1 Å². The zero-order valence-electron chi connectivity index (χ0n) is 15.7. The standard InChI is InChI=1S/C18H14N2O10S2/c21-13-8-11(31(25,26)27)5-10-6-14(32(28,29)30)17(18(24)16(10)13)20-19-12-4-2-1-3-9(12)7-15(22)23/h1-6,8,21,24H,7H2,(H,22,23)(H,25,26,27)(H,28,29,30). The molecule has 0 radical (unpaired) electrons. The second kappa shape index (κ2) is 8.16. The molecule has 0 spiro atoms. The minimum atomic E-state index is -5.04. The van der Waals surface area contributed by atoms with Crippen molar-refractivity contribution in [2.75, 3.05) is 0 Å². The maximum atomic E-state index is 11.9. The van der Waals surface area contributed by atoms with E-state index in [1.807, 2.05) is 0 Å². The Hall–Kier alpha value is -3.59. The van der Waals surface area contributed by atoms with Crippen molar-refractivity contribution in [2.45, 2.75) is 16.2 Å². The molecular weight excluding hydrogens is 468 g/mol. The van der Waals surface area contributed by atoms with Crippen LogP contribution in [0.5, 0.6) is 11.5 Å². The molecule has 0 bridgehead atoms. The number of carbonyl (C=O) groups is 1. The number of carboxylic acids is 1. The first-order chi connectivity index (χ1) is 14.8. The summed E-state index contributed by atoms with van der Waals surface area (Å²) in [5.41, 5.74) is -0.542. The van der Waals surface area contributed by atoms with Crippen LogP contribution in [-0.2, 0) is 31.5 Å². The summed E-state index contributed by atoms with van der Waals surface area (Å²) in [4.78, 5) is 9.23. The highest BCUT2D eigenvalue weighted by molar-refractivity contribution is 7.86. The van der Waals surface area contributed by atoms with Crippen molar-refractivity contribution >= 4 is 48.4 Å². The first-order valence-corrected chi connectivity index (χ1v) is 11.4. The lowest BCUT2D eigenvalue weighted by atomic mass is 10.1. The highest BCUT2D eigenvalue weighted by atomic mass is 32.2. The van der Waals surface area contributed by atoms with E-state index < -0.39 is 65.0 Å². The van der Waals surface area contributed by atoms with E-state index in [2.05, 4.69) is 10.2 Å². The molecule has 0 aliphatic carbocycles. The molecular formula is C18H14N2O10S2. The van der Waals surface area contributed by atoms with Crippen LogP contribution < -0.4 is 0 Å². The van der Waals surface area contributed by atoms with Crippen molar-refractivity contribution in [1.82, 2.24) is 0 Å². The molecule has 168 valence electrons. The molecule has 12 nitrogen and oxygen atoms in total. The fraction of sp³-hybridized carbons (Fsp3) is 0.0556. The third-order valence-electron chi connectivity index (χ3n) is 4.27. The Morgan fingerprint density at radius 1 is 0.906 bits per heavy atom. The molecule has 3 rings (SSSR count). The number of nitrogens with zero attached hydrogens (tertiary/aromatic N) is 2. The van der Waals surface area contributed by atoms with Gasteiger partial charge in [0.05, 0.1) is 22.4 Å². The number of hydrogen-bond donors (Lipinski definition) is 5. The maximum absolute atomic E-state index is 11.9. The molecule has 3 aromatic rings. The van der Waals surface area contributed by atoms with Crippen LogP contribution in [-0.4, -0.2) is 47.2 Å². The molecule has 0 saturated carbocycles. The van der Waals surface area contributed by atoms with Crippen LogP contribution in [0.2, 0.25) is 0 Å². The Morgan fingerprint density at radius 2 is 1.56 bits per heavy atom. The van der Waals surface area contributed by atoms with Gasteiger partial charge in [0.2, 0.25) is 0 Å². The fourth-order valence-electron chi connectivity index (χ4n) is 2.91. The number of aromatic hydroxyl groups is 2. The zero-order valence-corrected chi connectivity index (χ0v) is 17.4. The number of carboxylic acid groups (broad SMARTS) is 1. The first-order valence-electron chi connectivity index (χ1n) is 8.48. The Morgan fingerprint density at radius 3 is 2.16 bits per heavy atom. The molecule has 0 aromatic heterocycles. The SMILES string of the molecule is O=C(O)Cc1ccccc1N=Nc1c(S(=O)(=O)O)cc2cc(S(=O)(=O)O)cc(O)c2c1O. The van der Waals surface area contributed by atoms with Crippen molar-refractivity contribution in [2.24, 2.45) is 10.2 Å². The van der Waals surface area contributed by atoms with Crippen molar-refractivity contribution < 1.29 is 46.1 Å². The summed E-state index contributed by atoms with van der Waals surface area (Å²) >= 11 is 0. The highest BCUT2D eigenvalue weighted by Crippen LogP contribution is 2.45. The molecule has 0 heterocycles. The topological polar surface area (TPSA) is 211 Å². The molecule has 0 saturated heterocycles. The van der Waals surface area contributed by atoms with E-state index in [4.69, 9.17) is 5.11 Å². The number of aliphatic carboxylic acids is 1. The van der Waals surface area contributed by atoms with E-state index in [1.54, 1.807) is 6.07 Å². The van der Waals surface area contributed by atoms with E-state index in [-0.39, 0.29) is 16.6 Å². The van der Waals surface area contributed by atoms with Crippen LogP contribution in [0, 0.1) is 0 Å². The average molecular weight is 482 g/mol. The summed E-state index contributed by atoms with van der Waals surface area (Å²) in [6.07, 6.45) is -0.427. The van der Waals surface area contributed by atoms with E-state index in [9.17, 15) is 40.9 Å². The van der Waals surface area contributed by atoms with Crippen molar-refractivity contribution in [3.63, 3.8) is 0 Å². The van der Waals surface area contributed by atoms with Gasteiger partial charge in [-0.25, -0.2) is 0 Å². The van der Waals surface area contributed by atoms with Crippen molar-refractivity contribution in [1.29, 1.82) is 0 Å². The Kier molecular flexibility index (Phi) is 5.88. The van der Waals surface area contributed by atoms with Crippen LogP contribution >= 0.6 is 0 Å². The van der Waals surface area contributed by atoms with Gasteiger partial charge in [0.25, 0.3) is 20.2 Å². The lowest BCUT2D eigenvalue weighted by Crippen LogP contribution is -2.01. The summed E-state index contributed by atoms with van der Waals surface area (Å²) in [6.45, 7) is 0. The molecule has 0 unspecified atom stereocenters. The van der Waals surface area contributed by atoms with E-state index in [0.29, 0.717) is 6.07 Å². The third kappa shape index (κ3) is 4.67. The Labute approximate surface area is 180 Å². The van der Waals surface area contributed by atoms with Gasteiger partial charge in [-0.15, -0.1) is 5.11 Å². The number of rotatable bonds is 6. The number of phenolic OH excluding ortho intramolecular Hbond substituents is 2. The summed E-state index contributed by atoms with van der Waals surface area (Å²) < 4.78 is 65.2. The van der Waals surface area contributed by atoms with Crippen molar-refractivity contribution in [3.05, 3.63) is 48.0 Å². The van der Waals surface area contributed by atoms with Crippen LogP contribution in [0.25, 0.3) is 10.8 Å². The molecule has 0 aliphatic rings. The molecule has 3 aromatic carbocycles. The average Bonchev–Trinajstić information content (AvgIpc) is 2.65. The normalized spacial score (nSPS) is 12.4. The van der Waals surface area contributed by atoms with Gasteiger partial charge < -0.3 is 15.3 Å². The predicted molar refractivity (Wildman–Crippen MR) is 109 cm³/mol. The fourth-order valence-corrected chi connectivity index (χ4v) is 4.10. The number of phenols is 2. The predicted octanol–water partition coefficient (Wildman–Crippen LogP) is 2.79. The molecule has 0 atom stereocenters. The van der Waals surface area contributed by atoms with Gasteiger partial charge in [0.1, 0.15) is 16.3 Å². The summed E-state index contributed by atoms with van der Waals surface area (Å²) in [7, 11) is -9.84. The largest absolute Gasteiger partial charge is 0.507 e. The van der Waals surface area contributed by atoms with Gasteiger partial charge in [-0.1, -0.05) is 18.2 Å². The quantitative estimate of drug-likeness (QED) is 0.256. The van der Waals surface area contributed by atoms with Gasteiger partial charge in [0.15, 0.2) is 5.75 Å². The van der Waals surface area contributed by atoms with Gasteiger partial charge in [-0.2, -0.15) is 21.9 Å². The van der Waals surface area contributed by atoms with Gasteiger partial charge in [-0.3, -0.25) is 13.9 Å². The van der Waals surface area contributed by atoms with Gasteiger partial charge >= 0.3 is 5.97 Å². The molecule has 14 heteroatoms. The second-order valence-corrected chi connectivity index (χ2v) is 9.27. The lowest BCUT2D eigenvalue weighted by molar-refractivity contribution is -0.136. The minimum Gasteiger partial charge on any atom is -0.507 e. The summed E-state index contributed by atoms with van der Waals surface area (Å²) in [6, 6.07) is 7.97. The molecule has 5 N–H and O–H groups in total. The van der Waals surface area contributed by atoms with Crippen LogP contribution in [0.1, 0.15) is 5.56 Å². The smallest absolute Gasteiger partial charge is 0.307 e. The van der Waals surface area contributed by atoms with E-state index >= 15 is 0 Å². The van der Waals surface area contributed by atoms with Crippen molar-refractivity contribution in [3.8, 4) is 11.5 Å². The highest BCUT2D eigenvalue weighted by Gasteiger charge is 2.25. The molecule has 32 heavy (non-hydrogen) atoms. The Bertz CT molecular complexity index is 1500. The third-order valence-corrected chi connectivity index (χ3v) is 5.97.